The molecule has 0 N–H and O–H groups in total. The Bertz CT molecular complexity index is 52.0. The van der Waals surface area contributed by atoms with Crippen LogP contribution in [0, 0.1) is 0 Å². The van der Waals surface area contributed by atoms with E-state index < -0.39 is 0 Å². The van der Waals surface area contributed by atoms with Crippen molar-refractivity contribution < 1.29 is 4.74 Å². The highest BCUT2D eigenvalue weighted by atomic mass is 35.5. The molecule has 0 saturated carbocycles. The van der Waals surface area contributed by atoms with E-state index in [1.54, 1.807) is 0 Å². The Labute approximate surface area is 48.6 Å². The Balaban J connectivity index is 1.93. The maximum absolute atomic E-state index is 5.43. The first kappa shape index (κ1) is 5.39. The first-order valence-electron chi connectivity index (χ1n) is 2.61. The van der Waals surface area contributed by atoms with Crippen LogP contribution in [0.25, 0.3) is 0 Å². The van der Waals surface area contributed by atoms with Gasteiger partial charge >= 0.3 is 0 Å². The van der Waals surface area contributed by atoms with Gasteiger partial charge in [0.05, 0.1) is 6.10 Å². The van der Waals surface area contributed by atoms with Crippen LogP contribution in [-0.4, -0.2) is 18.6 Å². The van der Waals surface area contributed by atoms with Gasteiger partial charge in [-0.15, -0.1) is 11.6 Å². The van der Waals surface area contributed by atoms with E-state index in [2.05, 4.69) is 0 Å². The summed E-state index contributed by atoms with van der Waals surface area (Å²) in [6.45, 7) is 0.946. The van der Waals surface area contributed by atoms with Gasteiger partial charge in [-0.2, -0.15) is 0 Å². The van der Waals surface area contributed by atoms with Crippen LogP contribution in [0.4, 0.5) is 0 Å². The lowest BCUT2D eigenvalue weighted by molar-refractivity contribution is -0.0510. The summed E-state index contributed by atoms with van der Waals surface area (Å²) in [6, 6.07) is 0. The molecule has 1 aliphatic heterocycles. The summed E-state index contributed by atoms with van der Waals surface area (Å²) in [6.07, 6.45) is 2.74. The monoisotopic (exact) mass is 120 g/mol. The van der Waals surface area contributed by atoms with E-state index >= 15 is 0 Å². The van der Waals surface area contributed by atoms with Crippen molar-refractivity contribution in [2.45, 2.75) is 18.9 Å². The zero-order valence-electron chi connectivity index (χ0n) is 4.19. The van der Waals surface area contributed by atoms with Gasteiger partial charge in [-0.1, -0.05) is 0 Å². The van der Waals surface area contributed by atoms with Crippen molar-refractivity contribution in [1.29, 1.82) is 0 Å². The molecule has 0 amide bonds. The normalized spacial score (nSPS) is 29.6. The van der Waals surface area contributed by atoms with Crippen LogP contribution in [0.5, 0.6) is 0 Å². The Morgan fingerprint density at radius 1 is 1.71 bits per heavy atom. The molecule has 0 spiro atoms. The SMILES string of the molecule is ClCCC1CCO1. The fraction of sp³-hybridized carbons (Fsp3) is 1.00. The Morgan fingerprint density at radius 3 is 2.57 bits per heavy atom. The van der Waals surface area contributed by atoms with Crippen molar-refractivity contribution in [2.24, 2.45) is 0 Å². The topological polar surface area (TPSA) is 9.23 Å². The minimum Gasteiger partial charge on any atom is -0.378 e. The largest absolute Gasteiger partial charge is 0.378 e. The predicted octanol–water partition coefficient (Wildman–Crippen LogP) is 1.40. The van der Waals surface area contributed by atoms with Gasteiger partial charge in [-0.3, -0.25) is 0 Å². The summed E-state index contributed by atoms with van der Waals surface area (Å²) in [5, 5.41) is 0. The van der Waals surface area contributed by atoms with Gasteiger partial charge < -0.3 is 4.74 Å². The molecule has 0 aromatic carbocycles. The molecule has 0 aliphatic carbocycles. The van der Waals surface area contributed by atoms with Crippen molar-refractivity contribution in [3.05, 3.63) is 0 Å². The van der Waals surface area contributed by atoms with Crippen LogP contribution in [0.3, 0.4) is 0 Å². The lowest BCUT2D eigenvalue weighted by Gasteiger charge is -2.25. The summed E-state index contributed by atoms with van der Waals surface area (Å²) in [5.41, 5.74) is 0. The number of hydrogen-bond donors (Lipinski definition) is 0. The van der Waals surface area contributed by atoms with Gasteiger partial charge in [0.25, 0.3) is 0 Å². The highest BCUT2D eigenvalue weighted by Gasteiger charge is 2.15. The molecule has 42 valence electrons. The number of halogens is 1. The second-order valence-electron chi connectivity index (χ2n) is 1.76. The summed E-state index contributed by atoms with van der Waals surface area (Å²) >= 11 is 5.43. The van der Waals surface area contributed by atoms with Crippen molar-refractivity contribution in [3.63, 3.8) is 0 Å². The van der Waals surface area contributed by atoms with E-state index in [0.717, 1.165) is 18.9 Å². The summed E-state index contributed by atoms with van der Waals surface area (Å²) in [7, 11) is 0. The minimum atomic E-state index is 0.498. The van der Waals surface area contributed by atoms with Crippen LogP contribution < -0.4 is 0 Å². The number of alkyl halides is 1. The molecule has 0 bridgehead atoms. The van der Waals surface area contributed by atoms with Crippen molar-refractivity contribution in [2.75, 3.05) is 12.5 Å². The van der Waals surface area contributed by atoms with Crippen molar-refractivity contribution in [1.82, 2.24) is 0 Å². The van der Waals surface area contributed by atoms with E-state index in [4.69, 9.17) is 16.3 Å². The molecule has 1 saturated heterocycles. The third-order valence-corrected chi connectivity index (χ3v) is 1.44. The minimum absolute atomic E-state index is 0.498. The van der Waals surface area contributed by atoms with Gasteiger partial charge in [0.2, 0.25) is 0 Å². The van der Waals surface area contributed by atoms with Crippen LogP contribution >= 0.6 is 11.6 Å². The summed E-state index contributed by atoms with van der Waals surface area (Å²) < 4.78 is 5.09. The molecule has 1 rings (SSSR count). The molecular weight excluding hydrogens is 112 g/mol. The Kier molecular flexibility index (Phi) is 1.95. The first-order valence-corrected chi connectivity index (χ1v) is 3.14. The average Bonchev–Trinajstić information content (AvgIpc) is 1.55. The molecule has 1 heterocycles. The zero-order chi connectivity index (χ0) is 5.11. The van der Waals surface area contributed by atoms with Gasteiger partial charge in [0.1, 0.15) is 0 Å². The van der Waals surface area contributed by atoms with Gasteiger partial charge in [0, 0.05) is 12.5 Å². The highest BCUT2D eigenvalue weighted by Crippen LogP contribution is 2.14. The lowest BCUT2D eigenvalue weighted by atomic mass is 10.1. The molecule has 0 aromatic rings. The number of ether oxygens (including phenoxy) is 1. The molecule has 1 unspecified atom stereocenters. The quantitative estimate of drug-likeness (QED) is 0.501. The van der Waals surface area contributed by atoms with Crippen molar-refractivity contribution in [3.8, 4) is 0 Å². The van der Waals surface area contributed by atoms with Crippen LogP contribution in [-0.2, 0) is 4.74 Å². The van der Waals surface area contributed by atoms with Crippen LogP contribution in [0.15, 0.2) is 0 Å². The Hall–Kier alpha value is 0.250. The van der Waals surface area contributed by atoms with Gasteiger partial charge in [0.15, 0.2) is 0 Å². The first-order chi connectivity index (χ1) is 3.43. The molecule has 1 atom stereocenters. The molecule has 0 radical (unpaired) electrons. The van der Waals surface area contributed by atoms with Crippen molar-refractivity contribution >= 4 is 11.6 Å². The smallest absolute Gasteiger partial charge is 0.0608 e. The molecule has 1 aliphatic rings. The van der Waals surface area contributed by atoms with E-state index in [9.17, 15) is 0 Å². The maximum Gasteiger partial charge on any atom is 0.0608 e. The average molecular weight is 121 g/mol. The van der Waals surface area contributed by atoms with Gasteiger partial charge in [-0.25, -0.2) is 0 Å². The van der Waals surface area contributed by atoms with E-state index in [1.165, 1.54) is 6.42 Å². The van der Waals surface area contributed by atoms with E-state index in [0.29, 0.717) is 6.10 Å². The molecule has 2 heteroatoms. The third kappa shape index (κ3) is 1.32. The summed E-state index contributed by atoms with van der Waals surface area (Å²) in [4.78, 5) is 0. The fourth-order valence-corrected chi connectivity index (χ4v) is 0.877. The number of rotatable bonds is 2. The summed E-state index contributed by atoms with van der Waals surface area (Å²) in [5.74, 6) is 0.741. The molecule has 1 nitrogen and oxygen atoms in total. The maximum atomic E-state index is 5.43. The Morgan fingerprint density at radius 2 is 2.43 bits per heavy atom. The zero-order valence-corrected chi connectivity index (χ0v) is 4.95. The standard InChI is InChI=1S/C5H9ClO/c6-3-1-5-2-4-7-5/h5H,1-4H2. The van der Waals surface area contributed by atoms with E-state index in [1.807, 2.05) is 0 Å². The molecule has 7 heavy (non-hydrogen) atoms. The molecule has 1 fully saturated rings. The number of hydrogen-bond acceptors (Lipinski definition) is 1. The second-order valence-corrected chi connectivity index (χ2v) is 2.14. The van der Waals surface area contributed by atoms with Crippen LogP contribution in [0.2, 0.25) is 0 Å². The molecule has 0 aromatic heterocycles. The highest BCUT2D eigenvalue weighted by molar-refractivity contribution is 6.17. The predicted molar refractivity (Wildman–Crippen MR) is 29.7 cm³/mol. The lowest BCUT2D eigenvalue weighted by Crippen LogP contribution is -2.26. The van der Waals surface area contributed by atoms with Crippen LogP contribution in [0.1, 0.15) is 12.8 Å². The van der Waals surface area contributed by atoms with E-state index in [-0.39, 0.29) is 0 Å². The molecular formula is C5H9ClO. The second kappa shape index (κ2) is 2.53. The fourth-order valence-electron chi connectivity index (χ4n) is 0.634. The third-order valence-electron chi connectivity index (χ3n) is 1.22. The van der Waals surface area contributed by atoms with Gasteiger partial charge in [-0.05, 0) is 12.8 Å².